The van der Waals surface area contributed by atoms with Crippen molar-refractivity contribution in [3.8, 4) is 0 Å². The number of nitrogens with one attached hydrogen (secondary N) is 1. The van der Waals surface area contributed by atoms with Crippen molar-refractivity contribution in [3.05, 3.63) is 27.7 Å². The molecule has 1 spiro atoms. The summed E-state index contributed by atoms with van der Waals surface area (Å²) in [7, 11) is 0. The number of nitrogens with zero attached hydrogens (tertiary/aromatic N) is 1. The fraction of sp³-hybridized carbons (Fsp3) is 0.556. The van der Waals surface area contributed by atoms with Crippen molar-refractivity contribution in [2.24, 2.45) is 5.92 Å². The Morgan fingerprint density at radius 1 is 1.19 bits per heavy atom. The molecule has 0 aromatic heterocycles. The predicted octanol–water partition coefficient (Wildman–Crippen LogP) is 1.94. The third-order valence-electron chi connectivity index (χ3n) is 5.97. The molecule has 4 rings (SSSR count). The van der Waals surface area contributed by atoms with Gasteiger partial charge in [-0.1, -0.05) is 23.2 Å². The molecule has 2 fully saturated rings. The highest BCUT2D eigenvalue weighted by Gasteiger charge is 2.53. The zero-order valence-corrected chi connectivity index (χ0v) is 15.6. The van der Waals surface area contributed by atoms with E-state index < -0.39 is 17.6 Å². The molecule has 0 bridgehead atoms. The summed E-state index contributed by atoms with van der Waals surface area (Å²) in [6.45, 7) is 0.763. The largest absolute Gasteiger partial charge is 0.390 e. The van der Waals surface area contributed by atoms with Gasteiger partial charge in [0.15, 0.2) is 0 Å². The van der Waals surface area contributed by atoms with Crippen LogP contribution in [0.4, 0.5) is 5.69 Å². The zero-order chi connectivity index (χ0) is 18.6. The first-order valence-corrected chi connectivity index (χ1v) is 9.53. The quantitative estimate of drug-likeness (QED) is 0.674. The standard InChI is InChI=1S/C18H20Cl2N2O4/c19-11-6-10-13(7-12(11)20)21-17(26)18(10)3-4-22(8-18)16(25)9-1-2-14(23)15(24)5-9/h6-7,9,14-15,23-24H,1-5,8H2,(H,21,26)/t9-,14+,15+,18+/m0/s1. The van der Waals surface area contributed by atoms with Gasteiger partial charge in [-0.2, -0.15) is 0 Å². The highest BCUT2D eigenvalue weighted by Crippen LogP contribution is 2.47. The molecule has 8 heteroatoms. The van der Waals surface area contributed by atoms with Gasteiger partial charge in [0.2, 0.25) is 11.8 Å². The SMILES string of the molecule is O=C([C@H]1CC[C@@H](O)[C@H](O)C1)N1CC[C@]2(C1)C(=O)Nc1cc(Cl)c(Cl)cc12. The minimum absolute atomic E-state index is 0.0610. The molecule has 0 radical (unpaired) electrons. The summed E-state index contributed by atoms with van der Waals surface area (Å²) in [5.74, 6) is -0.518. The maximum Gasteiger partial charge on any atom is 0.237 e. The van der Waals surface area contributed by atoms with Crippen molar-refractivity contribution in [3.63, 3.8) is 0 Å². The van der Waals surface area contributed by atoms with Crippen molar-refractivity contribution in [1.82, 2.24) is 4.90 Å². The molecule has 140 valence electrons. The zero-order valence-electron chi connectivity index (χ0n) is 14.0. The van der Waals surface area contributed by atoms with E-state index >= 15 is 0 Å². The van der Waals surface area contributed by atoms with E-state index in [0.717, 1.165) is 5.56 Å². The molecule has 0 unspecified atom stereocenters. The van der Waals surface area contributed by atoms with Crippen LogP contribution in [0.2, 0.25) is 10.0 Å². The summed E-state index contributed by atoms with van der Waals surface area (Å²) < 4.78 is 0. The van der Waals surface area contributed by atoms with Gasteiger partial charge in [0.1, 0.15) is 0 Å². The highest BCUT2D eigenvalue weighted by atomic mass is 35.5. The summed E-state index contributed by atoms with van der Waals surface area (Å²) in [5, 5.41) is 23.1. The van der Waals surface area contributed by atoms with Gasteiger partial charge >= 0.3 is 0 Å². The van der Waals surface area contributed by atoms with Crippen LogP contribution in [0.5, 0.6) is 0 Å². The van der Waals surface area contributed by atoms with Gasteiger partial charge in [-0.3, -0.25) is 9.59 Å². The molecule has 3 aliphatic rings. The van der Waals surface area contributed by atoms with Gasteiger partial charge < -0.3 is 20.4 Å². The van der Waals surface area contributed by atoms with Gasteiger partial charge in [-0.15, -0.1) is 0 Å². The highest BCUT2D eigenvalue weighted by molar-refractivity contribution is 6.42. The Balaban J connectivity index is 1.56. The second-order valence-corrected chi connectivity index (χ2v) is 8.32. The maximum absolute atomic E-state index is 12.9. The first-order valence-electron chi connectivity index (χ1n) is 8.78. The van der Waals surface area contributed by atoms with Crippen LogP contribution in [0, 0.1) is 5.92 Å². The molecule has 1 saturated heterocycles. The van der Waals surface area contributed by atoms with Crippen LogP contribution in [0.3, 0.4) is 0 Å². The van der Waals surface area contributed by atoms with Gasteiger partial charge in [-0.25, -0.2) is 0 Å². The molecular weight excluding hydrogens is 379 g/mol. The topological polar surface area (TPSA) is 89.9 Å². The predicted molar refractivity (Wildman–Crippen MR) is 97.3 cm³/mol. The van der Waals surface area contributed by atoms with Crippen LogP contribution < -0.4 is 5.32 Å². The molecule has 3 N–H and O–H groups in total. The molecule has 1 saturated carbocycles. The van der Waals surface area contributed by atoms with Crippen molar-refractivity contribution >= 4 is 40.7 Å². The van der Waals surface area contributed by atoms with Crippen molar-refractivity contribution < 1.29 is 19.8 Å². The first kappa shape index (κ1) is 18.0. The summed E-state index contributed by atoms with van der Waals surface area (Å²) in [4.78, 5) is 27.3. The molecule has 2 aliphatic heterocycles. The number of carbonyl (C=O) groups is 2. The van der Waals surface area contributed by atoms with Crippen LogP contribution in [0.15, 0.2) is 12.1 Å². The summed E-state index contributed by atoms with van der Waals surface area (Å²) >= 11 is 12.2. The molecule has 2 heterocycles. The minimum Gasteiger partial charge on any atom is -0.390 e. The number of carbonyl (C=O) groups excluding carboxylic acids is 2. The lowest BCUT2D eigenvalue weighted by molar-refractivity contribution is -0.139. The van der Waals surface area contributed by atoms with Crippen molar-refractivity contribution in [2.45, 2.75) is 43.3 Å². The number of hydrogen-bond acceptors (Lipinski definition) is 4. The Bertz CT molecular complexity index is 787. The van der Waals surface area contributed by atoms with Gasteiger partial charge in [0.05, 0.1) is 27.7 Å². The van der Waals surface area contributed by atoms with Gasteiger partial charge in [-0.05, 0) is 43.4 Å². The normalized spacial score (nSPS) is 33.5. The lowest BCUT2D eigenvalue weighted by Gasteiger charge is -2.32. The minimum atomic E-state index is -0.870. The Hall–Kier alpha value is -1.34. The molecule has 6 nitrogen and oxygen atoms in total. The Morgan fingerprint density at radius 3 is 2.65 bits per heavy atom. The molecule has 4 atom stereocenters. The Morgan fingerprint density at radius 2 is 1.92 bits per heavy atom. The molecule has 2 amide bonds. The van der Waals surface area contributed by atoms with E-state index in [9.17, 15) is 19.8 Å². The number of hydrogen-bond donors (Lipinski definition) is 3. The number of aliphatic hydroxyl groups excluding tert-OH is 2. The number of anilines is 1. The molecule has 1 aromatic carbocycles. The fourth-order valence-corrected chi connectivity index (χ4v) is 4.75. The summed E-state index contributed by atoms with van der Waals surface area (Å²) in [6, 6.07) is 3.36. The van der Waals surface area contributed by atoms with E-state index in [0.29, 0.717) is 41.5 Å². The average Bonchev–Trinajstić information content (AvgIpc) is 3.15. The van der Waals surface area contributed by atoms with E-state index in [4.69, 9.17) is 23.2 Å². The van der Waals surface area contributed by atoms with Crippen LogP contribution in [0.1, 0.15) is 31.2 Å². The van der Waals surface area contributed by atoms with Gasteiger partial charge in [0.25, 0.3) is 0 Å². The van der Waals surface area contributed by atoms with E-state index in [1.165, 1.54) is 0 Å². The van der Waals surface area contributed by atoms with Crippen molar-refractivity contribution in [1.29, 1.82) is 0 Å². The second kappa shape index (κ2) is 6.37. The third-order valence-corrected chi connectivity index (χ3v) is 6.69. The number of fused-ring (bicyclic) bond motifs is 2. The lowest BCUT2D eigenvalue weighted by Crippen LogP contribution is -2.44. The molecular formula is C18H20Cl2N2O4. The third kappa shape index (κ3) is 2.71. The van der Waals surface area contributed by atoms with Crippen LogP contribution in [-0.2, 0) is 15.0 Å². The maximum atomic E-state index is 12.9. The van der Waals surface area contributed by atoms with E-state index in [1.807, 2.05) is 0 Å². The number of halogens is 2. The first-order chi connectivity index (χ1) is 12.3. The van der Waals surface area contributed by atoms with Crippen LogP contribution >= 0.6 is 23.2 Å². The monoisotopic (exact) mass is 398 g/mol. The van der Waals surface area contributed by atoms with E-state index in [-0.39, 0.29) is 30.7 Å². The van der Waals surface area contributed by atoms with E-state index in [1.54, 1.807) is 17.0 Å². The molecule has 1 aliphatic carbocycles. The number of aliphatic hydroxyl groups is 2. The summed E-state index contributed by atoms with van der Waals surface area (Å²) in [6.07, 6.45) is 0.106. The molecule has 1 aromatic rings. The Kier molecular flexibility index (Phi) is 4.42. The molecule has 26 heavy (non-hydrogen) atoms. The Labute approximate surface area is 161 Å². The van der Waals surface area contributed by atoms with Crippen LogP contribution in [-0.4, -0.2) is 52.2 Å². The lowest BCUT2D eigenvalue weighted by atomic mass is 9.80. The number of rotatable bonds is 1. The van der Waals surface area contributed by atoms with E-state index in [2.05, 4.69) is 5.32 Å². The number of likely N-dealkylation sites (tertiary alicyclic amines) is 1. The summed E-state index contributed by atoms with van der Waals surface area (Å²) in [5.41, 5.74) is 0.632. The average molecular weight is 399 g/mol. The fourth-order valence-electron chi connectivity index (χ4n) is 4.43. The van der Waals surface area contributed by atoms with Crippen molar-refractivity contribution in [2.75, 3.05) is 18.4 Å². The number of amides is 2. The smallest absolute Gasteiger partial charge is 0.237 e. The van der Waals surface area contributed by atoms with Crippen LogP contribution in [0.25, 0.3) is 0 Å². The van der Waals surface area contributed by atoms with Gasteiger partial charge in [0, 0.05) is 24.7 Å². The number of benzene rings is 1. The second-order valence-electron chi connectivity index (χ2n) is 7.50.